The Morgan fingerprint density at radius 3 is 2.44 bits per heavy atom. The molecule has 0 aromatic carbocycles. The van der Waals surface area contributed by atoms with E-state index in [-0.39, 0.29) is 18.5 Å². The van der Waals surface area contributed by atoms with Crippen LogP contribution in [0.15, 0.2) is 0 Å². The van der Waals surface area contributed by atoms with Gasteiger partial charge in [-0.1, -0.05) is 13.8 Å². The van der Waals surface area contributed by atoms with Gasteiger partial charge in [0.1, 0.15) is 5.60 Å². The van der Waals surface area contributed by atoms with Crippen molar-refractivity contribution in [2.75, 3.05) is 13.7 Å². The molecule has 1 amide bonds. The maximum Gasteiger partial charge on any atom is 0.411 e. The zero-order chi connectivity index (χ0) is 14.0. The number of hydrogen-bond donors (Lipinski definition) is 0. The number of esters is 1. The second-order valence-corrected chi connectivity index (χ2v) is 5.17. The highest BCUT2D eigenvalue weighted by molar-refractivity contribution is 5.77. The average molecular weight is 257 g/mol. The van der Waals surface area contributed by atoms with Crippen LogP contribution >= 0.6 is 0 Å². The third-order valence-corrected chi connectivity index (χ3v) is 3.90. The molecule has 0 N–H and O–H groups in total. The van der Waals surface area contributed by atoms with Gasteiger partial charge in [-0.25, -0.2) is 4.79 Å². The fraction of sp³-hybridized carbons (Fsp3) is 0.846. The number of cyclic esters (lactones) is 1. The van der Waals surface area contributed by atoms with E-state index in [1.54, 1.807) is 4.90 Å². The number of hydrogen-bond acceptors (Lipinski definition) is 4. The molecule has 5 nitrogen and oxygen atoms in total. The predicted octanol–water partition coefficient (Wildman–Crippen LogP) is 2.34. The summed E-state index contributed by atoms with van der Waals surface area (Å²) in [6.07, 6.45) is 1.31. The molecule has 0 radical (unpaired) electrons. The maximum absolute atomic E-state index is 12.0. The van der Waals surface area contributed by atoms with E-state index < -0.39 is 11.1 Å². The molecule has 104 valence electrons. The van der Waals surface area contributed by atoms with Crippen molar-refractivity contribution >= 4 is 12.1 Å². The average Bonchev–Trinajstić information content (AvgIpc) is 2.49. The third kappa shape index (κ3) is 2.18. The quantitative estimate of drug-likeness (QED) is 0.709. The Bertz CT molecular complexity index is 340. The first-order valence-corrected chi connectivity index (χ1v) is 6.42. The molecule has 1 heterocycles. The number of amides is 1. The van der Waals surface area contributed by atoms with Gasteiger partial charge in [-0.3, -0.25) is 9.69 Å². The first-order chi connectivity index (χ1) is 8.34. The largest absolute Gasteiger partial charge is 0.469 e. The van der Waals surface area contributed by atoms with Crippen LogP contribution in [0.2, 0.25) is 0 Å². The van der Waals surface area contributed by atoms with Crippen molar-refractivity contribution in [2.24, 2.45) is 0 Å². The number of rotatable bonds is 5. The van der Waals surface area contributed by atoms with Gasteiger partial charge in [-0.05, 0) is 26.7 Å². The maximum atomic E-state index is 12.0. The van der Waals surface area contributed by atoms with Crippen molar-refractivity contribution < 1.29 is 19.1 Å². The van der Waals surface area contributed by atoms with E-state index in [0.29, 0.717) is 13.0 Å². The van der Waals surface area contributed by atoms with Crippen molar-refractivity contribution in [3.8, 4) is 0 Å². The molecule has 0 saturated carbocycles. The summed E-state index contributed by atoms with van der Waals surface area (Å²) in [7, 11) is 1.36. The molecule has 1 fully saturated rings. The topological polar surface area (TPSA) is 55.8 Å². The minimum Gasteiger partial charge on any atom is -0.469 e. The predicted molar refractivity (Wildman–Crippen MR) is 67.2 cm³/mol. The molecule has 18 heavy (non-hydrogen) atoms. The lowest BCUT2D eigenvalue weighted by atomic mass is 9.76. The zero-order valence-corrected chi connectivity index (χ0v) is 11.9. The number of carbonyl (C=O) groups is 2. The Morgan fingerprint density at radius 1 is 1.39 bits per heavy atom. The van der Waals surface area contributed by atoms with E-state index in [0.717, 1.165) is 6.42 Å². The molecule has 0 aliphatic carbocycles. The standard InChI is InChI=1S/C13H23NO4/c1-6-8-14-11(16)18-12(3,4)13(14,7-2)9-10(15)17-5/h6-9H2,1-5H3. The van der Waals surface area contributed by atoms with Crippen molar-refractivity contribution in [3.05, 3.63) is 0 Å². The van der Waals surface area contributed by atoms with Crippen LogP contribution in [0.4, 0.5) is 4.79 Å². The smallest absolute Gasteiger partial charge is 0.411 e. The van der Waals surface area contributed by atoms with Crippen LogP contribution in [0.3, 0.4) is 0 Å². The molecule has 5 heteroatoms. The molecule has 1 aliphatic rings. The molecule has 0 bridgehead atoms. The Kier molecular flexibility index (Phi) is 4.24. The van der Waals surface area contributed by atoms with Gasteiger partial charge in [-0.15, -0.1) is 0 Å². The van der Waals surface area contributed by atoms with Crippen LogP contribution in [0.25, 0.3) is 0 Å². The summed E-state index contributed by atoms with van der Waals surface area (Å²) in [5.74, 6) is -0.315. The summed E-state index contributed by atoms with van der Waals surface area (Å²) in [5.41, 5.74) is -1.31. The second kappa shape index (κ2) is 5.16. The van der Waals surface area contributed by atoms with Crippen LogP contribution in [0.1, 0.15) is 47.0 Å². The molecular formula is C13H23NO4. The van der Waals surface area contributed by atoms with E-state index in [4.69, 9.17) is 9.47 Å². The van der Waals surface area contributed by atoms with Gasteiger partial charge < -0.3 is 9.47 Å². The van der Waals surface area contributed by atoms with Crippen LogP contribution in [0.5, 0.6) is 0 Å². The van der Waals surface area contributed by atoms with E-state index in [9.17, 15) is 9.59 Å². The second-order valence-electron chi connectivity index (χ2n) is 5.17. The third-order valence-electron chi connectivity index (χ3n) is 3.90. The van der Waals surface area contributed by atoms with Crippen LogP contribution in [0, 0.1) is 0 Å². The van der Waals surface area contributed by atoms with E-state index in [2.05, 4.69) is 0 Å². The van der Waals surface area contributed by atoms with Gasteiger partial charge in [0.15, 0.2) is 0 Å². The molecule has 1 aliphatic heterocycles. The first kappa shape index (κ1) is 14.8. The Balaban J connectivity index is 3.14. The van der Waals surface area contributed by atoms with Crippen LogP contribution in [-0.4, -0.2) is 41.8 Å². The molecule has 1 rings (SSSR count). The summed E-state index contributed by atoms with van der Waals surface area (Å²) >= 11 is 0. The summed E-state index contributed by atoms with van der Waals surface area (Å²) in [5, 5.41) is 0. The van der Waals surface area contributed by atoms with Gasteiger partial charge in [-0.2, -0.15) is 0 Å². The van der Waals surface area contributed by atoms with Crippen molar-refractivity contribution in [1.82, 2.24) is 4.90 Å². The molecule has 0 aromatic heterocycles. The summed E-state index contributed by atoms with van der Waals surface area (Å²) in [4.78, 5) is 25.3. The minimum absolute atomic E-state index is 0.165. The van der Waals surface area contributed by atoms with E-state index in [1.807, 2.05) is 27.7 Å². The fourth-order valence-corrected chi connectivity index (χ4v) is 2.76. The summed E-state index contributed by atoms with van der Waals surface area (Å²) < 4.78 is 10.2. The molecule has 1 saturated heterocycles. The molecule has 0 spiro atoms. The summed E-state index contributed by atoms with van der Waals surface area (Å²) in [6, 6.07) is 0. The van der Waals surface area contributed by atoms with Gasteiger partial charge in [0.05, 0.1) is 19.1 Å². The van der Waals surface area contributed by atoms with Gasteiger partial charge in [0.2, 0.25) is 0 Å². The van der Waals surface area contributed by atoms with Gasteiger partial charge >= 0.3 is 12.1 Å². The number of ether oxygens (including phenoxy) is 2. The van der Waals surface area contributed by atoms with Gasteiger partial charge in [0.25, 0.3) is 0 Å². The van der Waals surface area contributed by atoms with Crippen molar-refractivity contribution in [1.29, 1.82) is 0 Å². The van der Waals surface area contributed by atoms with E-state index >= 15 is 0 Å². The molecular weight excluding hydrogens is 234 g/mol. The Labute approximate surface area is 108 Å². The molecule has 1 atom stereocenters. The number of carbonyl (C=O) groups excluding carboxylic acids is 2. The normalized spacial score (nSPS) is 26.1. The Morgan fingerprint density at radius 2 is 2.00 bits per heavy atom. The number of methoxy groups -OCH3 is 1. The zero-order valence-electron chi connectivity index (χ0n) is 11.9. The lowest BCUT2D eigenvalue weighted by Gasteiger charge is -2.41. The monoisotopic (exact) mass is 257 g/mol. The van der Waals surface area contributed by atoms with Crippen LogP contribution in [-0.2, 0) is 14.3 Å². The van der Waals surface area contributed by atoms with Crippen molar-refractivity contribution in [2.45, 2.75) is 58.1 Å². The van der Waals surface area contributed by atoms with Crippen LogP contribution < -0.4 is 0 Å². The highest BCUT2D eigenvalue weighted by Crippen LogP contribution is 2.44. The SMILES string of the molecule is CCCN1C(=O)OC(C)(C)C1(CC)CC(=O)OC. The highest BCUT2D eigenvalue weighted by Gasteiger charge is 2.59. The lowest BCUT2D eigenvalue weighted by molar-refractivity contribution is -0.145. The molecule has 0 aromatic rings. The highest BCUT2D eigenvalue weighted by atomic mass is 16.6. The van der Waals surface area contributed by atoms with Gasteiger partial charge in [0, 0.05) is 6.54 Å². The fourth-order valence-electron chi connectivity index (χ4n) is 2.76. The molecule has 1 unspecified atom stereocenters. The number of nitrogens with zero attached hydrogens (tertiary/aromatic N) is 1. The van der Waals surface area contributed by atoms with Crippen molar-refractivity contribution in [3.63, 3.8) is 0 Å². The first-order valence-electron chi connectivity index (χ1n) is 6.42. The Hall–Kier alpha value is -1.26. The minimum atomic E-state index is -0.692. The van der Waals surface area contributed by atoms with E-state index in [1.165, 1.54) is 7.11 Å². The lowest BCUT2D eigenvalue weighted by Crippen LogP contribution is -2.57. The summed E-state index contributed by atoms with van der Waals surface area (Å²) in [6.45, 7) is 8.26.